The number of thiocarbonyl (C=S) groups is 1. The van der Waals surface area contributed by atoms with E-state index in [9.17, 15) is 0 Å². The van der Waals surface area contributed by atoms with Gasteiger partial charge in [0.15, 0.2) is 0 Å². The second kappa shape index (κ2) is 12.2. The molecule has 0 aromatic rings. The monoisotopic (exact) mass is 349 g/mol. The number of thiol groups is 1. The van der Waals surface area contributed by atoms with Gasteiger partial charge < -0.3 is 16.7 Å². The summed E-state index contributed by atoms with van der Waals surface area (Å²) in [6, 6.07) is 0. The van der Waals surface area contributed by atoms with E-state index < -0.39 is 0 Å². The van der Waals surface area contributed by atoms with Crippen molar-refractivity contribution >= 4 is 42.0 Å². The van der Waals surface area contributed by atoms with E-state index in [1.807, 2.05) is 0 Å². The molecule has 0 aliphatic carbocycles. The Balaban J connectivity index is 4.75. The fraction of sp³-hybridized carbons (Fsp3) is 0.941. The van der Waals surface area contributed by atoms with E-state index in [0.29, 0.717) is 20.0 Å². The van der Waals surface area contributed by atoms with Gasteiger partial charge in [0.2, 0.25) is 4.32 Å². The summed E-state index contributed by atoms with van der Waals surface area (Å²) >= 11 is 15.8. The Labute approximate surface area is 149 Å². The fourth-order valence-corrected chi connectivity index (χ4v) is 3.63. The normalized spacial score (nSPS) is 17.2. The average Bonchev–Trinajstić information content (AvgIpc) is 2.47. The first kappa shape index (κ1) is 21.8. The number of quaternary nitrogens is 1. The van der Waals surface area contributed by atoms with E-state index in [1.165, 1.54) is 51.4 Å². The van der Waals surface area contributed by atoms with E-state index >= 15 is 0 Å². The highest BCUT2D eigenvalue weighted by Crippen LogP contribution is 2.25. The van der Waals surface area contributed by atoms with Gasteiger partial charge in [-0.3, -0.25) is 0 Å². The zero-order valence-corrected chi connectivity index (χ0v) is 17.0. The molecule has 2 unspecified atom stereocenters. The van der Waals surface area contributed by atoms with Crippen LogP contribution in [-0.4, -0.2) is 21.3 Å². The number of nitrogens with zero attached hydrogens (tertiary/aromatic N) is 1. The van der Waals surface area contributed by atoms with E-state index in [-0.39, 0.29) is 0 Å². The summed E-state index contributed by atoms with van der Waals surface area (Å²) in [4.78, 5) is 0. The lowest BCUT2D eigenvalue weighted by molar-refractivity contribution is -0.701. The van der Waals surface area contributed by atoms with Crippen molar-refractivity contribution in [3.63, 3.8) is 0 Å². The van der Waals surface area contributed by atoms with E-state index in [0.717, 1.165) is 13.1 Å². The summed E-state index contributed by atoms with van der Waals surface area (Å²) in [7, 11) is 0. The van der Waals surface area contributed by atoms with Gasteiger partial charge in [0.05, 0.1) is 13.1 Å². The van der Waals surface area contributed by atoms with Crippen molar-refractivity contribution < 1.29 is 3.89 Å². The number of hydrogen-bond acceptors (Lipinski definition) is 2. The molecule has 0 aliphatic rings. The third-order valence-electron chi connectivity index (χ3n) is 4.54. The van der Waals surface area contributed by atoms with Crippen LogP contribution in [0.1, 0.15) is 79.1 Å². The molecule has 0 aliphatic heterocycles. The van der Waals surface area contributed by atoms with Gasteiger partial charge in [0, 0.05) is 11.8 Å². The zero-order valence-electron chi connectivity index (χ0n) is 14.4. The molecule has 126 valence electrons. The minimum Gasteiger partial charge on any atom is -0.486 e. The number of hydrogen-bond donors (Lipinski definition) is 1. The van der Waals surface area contributed by atoms with Gasteiger partial charge in [-0.05, 0) is 37.9 Å². The highest BCUT2D eigenvalue weighted by atomic mass is 32.1. The first-order valence-electron chi connectivity index (χ1n) is 8.74. The maximum Gasteiger partial charge on any atom is 0.212 e. The van der Waals surface area contributed by atoms with Crippen LogP contribution in [0, 0.1) is 11.8 Å². The lowest BCUT2D eigenvalue weighted by atomic mass is 9.96. The molecule has 0 spiro atoms. The number of rotatable bonds is 12. The molecule has 0 heterocycles. The molecule has 0 saturated carbocycles. The predicted molar refractivity (Wildman–Crippen MR) is 106 cm³/mol. The molecular weight excluding hydrogens is 314 g/mol. The summed E-state index contributed by atoms with van der Waals surface area (Å²) in [5.74, 6) is 1.35. The lowest BCUT2D eigenvalue weighted by Gasteiger charge is -2.46. The molecule has 4 heteroatoms. The molecule has 0 N–H and O–H groups in total. The van der Waals surface area contributed by atoms with Crippen LogP contribution in [0.4, 0.5) is 0 Å². The maximum absolute atomic E-state index is 5.93. The molecule has 0 radical (unpaired) electrons. The lowest BCUT2D eigenvalue weighted by Crippen LogP contribution is -2.50. The first-order valence-corrected chi connectivity index (χ1v) is 9.96. The van der Waals surface area contributed by atoms with Gasteiger partial charge in [0.1, 0.15) is 0 Å². The summed E-state index contributed by atoms with van der Waals surface area (Å²) in [6.07, 6.45) is 10.0. The van der Waals surface area contributed by atoms with Gasteiger partial charge in [-0.25, -0.2) is 0 Å². The largest absolute Gasteiger partial charge is 0.486 e. The smallest absolute Gasteiger partial charge is 0.212 e. The van der Waals surface area contributed by atoms with Gasteiger partial charge in [-0.15, -0.1) is 0 Å². The van der Waals surface area contributed by atoms with Crippen LogP contribution in [0.15, 0.2) is 0 Å². The highest BCUT2D eigenvalue weighted by molar-refractivity contribution is 8.10. The van der Waals surface area contributed by atoms with E-state index in [2.05, 4.69) is 40.3 Å². The van der Waals surface area contributed by atoms with Crippen LogP contribution in [0.2, 0.25) is 0 Å². The Morgan fingerprint density at radius 2 is 1.33 bits per heavy atom. The van der Waals surface area contributed by atoms with Crippen molar-refractivity contribution in [1.82, 2.24) is 0 Å². The molecule has 0 aromatic carbocycles. The molecular formula is C17H35NS3. The molecule has 1 nitrogen and oxygen atoms in total. The van der Waals surface area contributed by atoms with Crippen molar-refractivity contribution in [2.75, 3.05) is 13.1 Å². The average molecular weight is 350 g/mol. The van der Waals surface area contributed by atoms with Gasteiger partial charge in [-0.2, -0.15) is 0 Å². The fourth-order valence-electron chi connectivity index (χ4n) is 2.90. The molecule has 0 bridgehead atoms. The van der Waals surface area contributed by atoms with Gasteiger partial charge in [-0.1, -0.05) is 66.0 Å². The standard InChI is InChI=1S/C17H35NS3/c1-5-9-11-15(7-3)13-18(21,17(19)20)14-16(8-4)12-10-6-2/h15-16H,5-14H2,1-4H3,(H,19,20). The molecule has 0 fully saturated rings. The Bertz CT molecular complexity index is 263. The summed E-state index contributed by atoms with van der Waals surface area (Å²) in [5.41, 5.74) is 0. The highest BCUT2D eigenvalue weighted by Gasteiger charge is 2.26. The van der Waals surface area contributed by atoms with Crippen molar-refractivity contribution in [2.45, 2.75) is 79.1 Å². The molecule has 0 saturated heterocycles. The first-order chi connectivity index (χ1) is 9.93. The van der Waals surface area contributed by atoms with Crippen LogP contribution in [0.5, 0.6) is 0 Å². The van der Waals surface area contributed by atoms with Crippen LogP contribution in [-0.2, 0) is 12.8 Å². The second-order valence-electron chi connectivity index (χ2n) is 6.37. The third kappa shape index (κ3) is 8.83. The summed E-state index contributed by atoms with van der Waals surface area (Å²) < 4.78 is 1.15. The Kier molecular flexibility index (Phi) is 12.6. The minimum atomic E-state index is 0.461. The quantitative estimate of drug-likeness (QED) is 0.201. The van der Waals surface area contributed by atoms with Gasteiger partial charge >= 0.3 is 0 Å². The SMILES string of the molecule is CCCCC(CC)C[N+]([S-])(CC(CC)CCCC)C(=S)S. The summed E-state index contributed by atoms with van der Waals surface area (Å²) in [6.45, 7) is 11.0. The molecule has 0 aromatic heterocycles. The van der Waals surface area contributed by atoms with Crippen LogP contribution in [0.3, 0.4) is 0 Å². The predicted octanol–water partition coefficient (Wildman–Crippen LogP) is 5.91. The third-order valence-corrected chi connectivity index (χ3v) is 6.01. The molecule has 0 rings (SSSR count). The van der Waals surface area contributed by atoms with E-state index in [1.54, 1.807) is 0 Å². The maximum atomic E-state index is 5.93. The summed E-state index contributed by atoms with van der Waals surface area (Å²) in [5, 5.41) is 0. The Morgan fingerprint density at radius 3 is 1.57 bits per heavy atom. The van der Waals surface area contributed by atoms with Crippen molar-refractivity contribution in [3.8, 4) is 0 Å². The zero-order chi connectivity index (χ0) is 16.3. The Morgan fingerprint density at radius 1 is 0.952 bits per heavy atom. The van der Waals surface area contributed by atoms with E-state index in [4.69, 9.17) is 25.0 Å². The topological polar surface area (TPSA) is 0 Å². The van der Waals surface area contributed by atoms with Crippen LogP contribution < -0.4 is 0 Å². The Hall–Kier alpha value is 0.750. The molecule has 0 amide bonds. The second-order valence-corrected chi connectivity index (χ2v) is 8.18. The minimum absolute atomic E-state index is 0.461. The number of unbranched alkanes of at least 4 members (excludes halogenated alkanes) is 2. The van der Waals surface area contributed by atoms with Crippen molar-refractivity contribution in [3.05, 3.63) is 0 Å². The van der Waals surface area contributed by atoms with Crippen molar-refractivity contribution in [1.29, 1.82) is 0 Å². The molecule has 2 atom stereocenters. The molecule has 21 heavy (non-hydrogen) atoms. The van der Waals surface area contributed by atoms with Gasteiger partial charge in [0.25, 0.3) is 0 Å². The van der Waals surface area contributed by atoms with Crippen molar-refractivity contribution in [2.24, 2.45) is 11.8 Å². The van der Waals surface area contributed by atoms with Crippen LogP contribution >= 0.6 is 24.8 Å². The van der Waals surface area contributed by atoms with Crippen LogP contribution in [0.25, 0.3) is 0 Å².